The lowest BCUT2D eigenvalue weighted by molar-refractivity contribution is 0.254. The highest BCUT2D eigenvalue weighted by Crippen LogP contribution is 2.27. The molecule has 2 aromatic carbocycles. The first-order valence-corrected chi connectivity index (χ1v) is 11.9. The molecule has 3 aromatic rings. The lowest BCUT2D eigenvalue weighted by Crippen LogP contribution is -2.42. The number of aromatic nitrogens is 3. The van der Waals surface area contributed by atoms with Crippen molar-refractivity contribution in [2.45, 2.75) is 50.2 Å². The van der Waals surface area contributed by atoms with Gasteiger partial charge in [0.25, 0.3) is 0 Å². The van der Waals surface area contributed by atoms with Crippen molar-refractivity contribution < 1.29 is 21.9 Å². The molecule has 0 saturated carbocycles. The van der Waals surface area contributed by atoms with E-state index >= 15 is 0 Å². The Kier molecular flexibility index (Phi) is 6.10. The van der Waals surface area contributed by atoms with Gasteiger partial charge in [-0.15, -0.1) is 5.10 Å². The van der Waals surface area contributed by atoms with Crippen LogP contribution in [0.25, 0.3) is 0 Å². The highest BCUT2D eigenvalue weighted by Gasteiger charge is 2.27. The van der Waals surface area contributed by atoms with Gasteiger partial charge in [0.15, 0.2) is 11.6 Å². The van der Waals surface area contributed by atoms with Crippen molar-refractivity contribution in [2.24, 2.45) is 0 Å². The zero-order valence-corrected chi connectivity index (χ0v) is 19.3. The van der Waals surface area contributed by atoms with Crippen LogP contribution >= 0.6 is 0 Å². The van der Waals surface area contributed by atoms with Gasteiger partial charge in [0, 0.05) is 0 Å². The predicted molar refractivity (Wildman–Crippen MR) is 118 cm³/mol. The van der Waals surface area contributed by atoms with Crippen molar-refractivity contribution >= 4 is 15.7 Å². The molecular weight excluding hydrogens is 452 g/mol. The standard InChI is InChI=1S/C22H25F2N5O3S/c1-22(2,3)29-12-16(26-28-29)11-25-21-18(23)9-17(10-19(21)24)33(30,31)27-15-8-14-6-4-5-7-20(14)32-13-15/h4-7,9-10,12,15,25,27H,8,11,13H2,1-3H3. The van der Waals surface area contributed by atoms with Crippen molar-refractivity contribution in [3.63, 3.8) is 0 Å². The van der Waals surface area contributed by atoms with Gasteiger partial charge in [-0.25, -0.2) is 26.6 Å². The van der Waals surface area contributed by atoms with Gasteiger partial charge in [-0.1, -0.05) is 23.4 Å². The summed E-state index contributed by atoms with van der Waals surface area (Å²) in [5.41, 5.74) is 0.626. The predicted octanol–water partition coefficient (Wildman–Crippen LogP) is 3.21. The Labute approximate surface area is 191 Å². The number of benzene rings is 2. The number of ether oxygens (including phenoxy) is 1. The minimum Gasteiger partial charge on any atom is -0.492 e. The maximum atomic E-state index is 14.7. The lowest BCUT2D eigenvalue weighted by atomic mass is 10.0. The van der Waals surface area contributed by atoms with E-state index in [1.165, 1.54) is 0 Å². The summed E-state index contributed by atoms with van der Waals surface area (Å²) in [4.78, 5) is -0.499. The van der Waals surface area contributed by atoms with E-state index in [-0.39, 0.29) is 18.7 Å². The molecule has 1 atom stereocenters. The molecule has 2 N–H and O–H groups in total. The summed E-state index contributed by atoms with van der Waals surface area (Å²) in [5.74, 6) is -1.35. The van der Waals surface area contributed by atoms with Gasteiger partial charge >= 0.3 is 0 Å². The second kappa shape index (κ2) is 8.71. The third-order valence-electron chi connectivity index (χ3n) is 5.20. The molecule has 1 aromatic heterocycles. The molecule has 4 rings (SSSR count). The number of nitrogens with one attached hydrogen (secondary N) is 2. The van der Waals surface area contributed by atoms with Crippen molar-refractivity contribution in [1.29, 1.82) is 0 Å². The van der Waals surface area contributed by atoms with E-state index in [0.29, 0.717) is 17.9 Å². The molecule has 0 saturated heterocycles. The van der Waals surface area contributed by atoms with Crippen LogP contribution in [-0.2, 0) is 28.5 Å². The molecule has 1 aliphatic rings. The van der Waals surface area contributed by atoms with Gasteiger partial charge in [0.1, 0.15) is 23.7 Å². The maximum Gasteiger partial charge on any atom is 0.241 e. The summed E-state index contributed by atoms with van der Waals surface area (Å²) in [6.45, 7) is 5.99. The van der Waals surface area contributed by atoms with Crippen LogP contribution in [0.15, 0.2) is 47.5 Å². The summed E-state index contributed by atoms with van der Waals surface area (Å²) >= 11 is 0. The molecule has 11 heteroatoms. The van der Waals surface area contributed by atoms with Crippen LogP contribution in [0.3, 0.4) is 0 Å². The number of nitrogens with zero attached hydrogens (tertiary/aromatic N) is 3. The number of rotatable bonds is 6. The second-order valence-corrected chi connectivity index (χ2v) is 10.6. The molecule has 0 amide bonds. The summed E-state index contributed by atoms with van der Waals surface area (Å²) < 4.78 is 64.5. The number of hydrogen-bond donors (Lipinski definition) is 2. The molecule has 176 valence electrons. The summed E-state index contributed by atoms with van der Waals surface area (Å²) in [7, 11) is -4.17. The van der Waals surface area contributed by atoms with Crippen LogP contribution in [-0.4, -0.2) is 36.1 Å². The monoisotopic (exact) mass is 477 g/mol. The van der Waals surface area contributed by atoms with Crippen LogP contribution < -0.4 is 14.8 Å². The molecule has 0 radical (unpaired) electrons. The molecule has 0 spiro atoms. The second-order valence-electron chi connectivity index (χ2n) is 8.88. The Morgan fingerprint density at radius 2 is 1.88 bits per heavy atom. The van der Waals surface area contributed by atoms with Crippen molar-refractivity contribution in [1.82, 2.24) is 19.7 Å². The molecular formula is C22H25F2N5O3S. The maximum absolute atomic E-state index is 14.7. The largest absolute Gasteiger partial charge is 0.492 e. The Hall–Kier alpha value is -3.05. The number of hydrogen-bond acceptors (Lipinski definition) is 6. The van der Waals surface area contributed by atoms with Gasteiger partial charge in [0.2, 0.25) is 10.0 Å². The smallest absolute Gasteiger partial charge is 0.241 e. The van der Waals surface area contributed by atoms with E-state index in [0.717, 1.165) is 17.7 Å². The van der Waals surface area contributed by atoms with E-state index in [1.807, 2.05) is 39.0 Å². The fourth-order valence-electron chi connectivity index (χ4n) is 3.45. The van der Waals surface area contributed by atoms with E-state index in [2.05, 4.69) is 20.4 Å². The molecule has 33 heavy (non-hydrogen) atoms. The topological polar surface area (TPSA) is 98.1 Å². The van der Waals surface area contributed by atoms with Crippen molar-refractivity contribution in [3.8, 4) is 5.75 Å². The van der Waals surface area contributed by atoms with Gasteiger partial charge in [0.05, 0.1) is 29.2 Å². The fraction of sp³-hybridized carbons (Fsp3) is 0.364. The molecule has 1 aliphatic heterocycles. The Morgan fingerprint density at radius 1 is 1.18 bits per heavy atom. The third kappa shape index (κ3) is 5.14. The van der Waals surface area contributed by atoms with Crippen LogP contribution in [0.4, 0.5) is 14.5 Å². The van der Waals surface area contributed by atoms with Crippen LogP contribution in [0.1, 0.15) is 32.0 Å². The SMILES string of the molecule is CC(C)(C)n1cc(CNc2c(F)cc(S(=O)(=O)NC3COc4ccccc4C3)cc2F)nn1. The Morgan fingerprint density at radius 3 is 2.55 bits per heavy atom. The van der Waals surface area contributed by atoms with Gasteiger partial charge in [-0.3, -0.25) is 0 Å². The molecule has 2 heterocycles. The number of fused-ring (bicyclic) bond motifs is 1. The van der Waals surface area contributed by atoms with Crippen molar-refractivity contribution in [3.05, 3.63) is 65.5 Å². The van der Waals surface area contributed by atoms with E-state index in [1.54, 1.807) is 16.9 Å². The molecule has 8 nitrogen and oxygen atoms in total. The average Bonchev–Trinajstić information content (AvgIpc) is 3.22. The van der Waals surface area contributed by atoms with Gasteiger partial charge in [-0.2, -0.15) is 0 Å². The number of sulfonamides is 1. The van der Waals surface area contributed by atoms with E-state index in [9.17, 15) is 17.2 Å². The molecule has 1 unspecified atom stereocenters. The van der Waals surface area contributed by atoms with Gasteiger partial charge < -0.3 is 10.1 Å². The fourth-order valence-corrected chi connectivity index (χ4v) is 4.69. The molecule has 0 fully saturated rings. The Balaban J connectivity index is 1.46. The molecule has 0 bridgehead atoms. The minimum absolute atomic E-state index is 0.0209. The quantitative estimate of drug-likeness (QED) is 0.566. The van der Waals surface area contributed by atoms with E-state index < -0.39 is 38.3 Å². The number of anilines is 1. The van der Waals surface area contributed by atoms with Crippen LogP contribution in [0, 0.1) is 11.6 Å². The van der Waals surface area contributed by atoms with Crippen molar-refractivity contribution in [2.75, 3.05) is 11.9 Å². The molecule has 0 aliphatic carbocycles. The first-order chi connectivity index (χ1) is 15.5. The van der Waals surface area contributed by atoms with Gasteiger partial charge in [-0.05, 0) is 51.0 Å². The highest BCUT2D eigenvalue weighted by atomic mass is 32.2. The van der Waals surface area contributed by atoms with E-state index in [4.69, 9.17) is 4.74 Å². The highest BCUT2D eigenvalue weighted by molar-refractivity contribution is 7.89. The third-order valence-corrected chi connectivity index (χ3v) is 6.70. The summed E-state index contributed by atoms with van der Waals surface area (Å²) in [5, 5.41) is 10.6. The summed E-state index contributed by atoms with van der Waals surface area (Å²) in [6.07, 6.45) is 2.09. The normalized spacial score (nSPS) is 16.2. The summed E-state index contributed by atoms with van der Waals surface area (Å²) in [6, 6.07) is 8.33. The number of para-hydroxylation sites is 1. The minimum atomic E-state index is -4.17. The first kappa shape index (κ1) is 23.1. The number of halogens is 2. The van der Waals surface area contributed by atoms with Crippen LogP contribution in [0.5, 0.6) is 5.75 Å². The zero-order valence-electron chi connectivity index (χ0n) is 18.5. The zero-order chi connectivity index (χ0) is 23.8. The first-order valence-electron chi connectivity index (χ1n) is 10.4. The lowest BCUT2D eigenvalue weighted by Gasteiger charge is -2.26. The average molecular weight is 478 g/mol. The van der Waals surface area contributed by atoms with Crippen LogP contribution in [0.2, 0.25) is 0 Å². The Bertz CT molecular complexity index is 1250.